The molecule has 4 rings (SSSR count). The maximum atomic E-state index is 12.9. The van der Waals surface area contributed by atoms with Gasteiger partial charge in [0.25, 0.3) is 11.8 Å². The summed E-state index contributed by atoms with van der Waals surface area (Å²) in [5, 5.41) is 19.6. The molecule has 4 heterocycles. The number of β-lactam (4-membered cyclic amide) rings is 1. The van der Waals surface area contributed by atoms with Crippen LogP contribution in [-0.2, 0) is 19.2 Å². The number of thioether (sulfide) groups is 1. The molecule has 0 aliphatic carbocycles. The maximum absolute atomic E-state index is 12.9. The molecule has 0 radical (unpaired) electrons. The Kier molecular flexibility index (Phi) is 9.12. The number of nitrogens with zero attached hydrogens (tertiary/aromatic N) is 4. The number of hydrogen-bond acceptors (Lipinski definition) is 12. The molecule has 0 saturated carbocycles. The second-order valence-corrected chi connectivity index (χ2v) is 9.97. The summed E-state index contributed by atoms with van der Waals surface area (Å²) < 4.78 is 0. The zero-order chi connectivity index (χ0) is 24.4. The smallest absolute Gasteiger partial charge is 0.543 e. The number of hydrogen-bond donors (Lipinski definition) is 2. The molecule has 3 N–H and O–H groups in total. The molecule has 2 aromatic rings. The largest absolute Gasteiger partial charge is 1.00 e. The summed E-state index contributed by atoms with van der Waals surface area (Å²) in [6, 6.07) is -0.941. The standard InChI is InChI=1S/C20H20N6O5S3.Na/c1-3-31-25-13(11-7-33-20(21)23-11)16(27)24-14-17(28)26-15(19(29)30)10(6-32-18(14)26)4-5-12-9(2)22-8-34-12;/h4-5,7-8,14,18H,3,6H2,1-2H3,(H2,21,23)(H,24,27)(H,29,30);/q;+1/p-1/b5-4+,25-13-;/t14?,18-;/m1./s1. The number of allylic oxidation sites excluding steroid dienone is 1. The van der Waals surface area contributed by atoms with Crippen LogP contribution in [0, 0.1) is 6.92 Å². The summed E-state index contributed by atoms with van der Waals surface area (Å²) >= 11 is 3.90. The molecule has 178 valence electrons. The molecule has 0 bridgehead atoms. The van der Waals surface area contributed by atoms with E-state index in [-0.39, 0.29) is 58.4 Å². The van der Waals surface area contributed by atoms with Crippen LogP contribution in [0.3, 0.4) is 0 Å². The normalized spacial score (nSPS) is 19.8. The van der Waals surface area contributed by atoms with Gasteiger partial charge in [0.1, 0.15) is 23.7 Å². The van der Waals surface area contributed by atoms with Gasteiger partial charge in [-0.2, -0.15) is 0 Å². The molecular formula is C20H19N6NaO5S3. The first-order valence-corrected chi connectivity index (χ1v) is 12.8. The average Bonchev–Trinajstić information content (AvgIpc) is 3.43. The zero-order valence-corrected chi connectivity index (χ0v) is 23.5. The second-order valence-electron chi connectivity index (χ2n) is 7.09. The van der Waals surface area contributed by atoms with Crippen molar-refractivity contribution >= 4 is 69.1 Å². The van der Waals surface area contributed by atoms with Crippen LogP contribution in [-0.4, -0.2) is 62.1 Å². The van der Waals surface area contributed by atoms with E-state index >= 15 is 0 Å². The van der Waals surface area contributed by atoms with Crippen molar-refractivity contribution < 1.29 is 53.9 Å². The summed E-state index contributed by atoms with van der Waals surface area (Å²) in [6.45, 7) is 3.78. The number of carboxylic acids is 1. The number of aliphatic carboxylic acids is 1. The Morgan fingerprint density at radius 3 is 2.77 bits per heavy atom. The number of oxime groups is 1. The van der Waals surface area contributed by atoms with Gasteiger partial charge in [-0.25, -0.2) is 9.97 Å². The number of rotatable bonds is 8. The molecule has 15 heteroatoms. The van der Waals surface area contributed by atoms with E-state index in [2.05, 4.69) is 20.4 Å². The van der Waals surface area contributed by atoms with Gasteiger partial charge in [-0.15, -0.1) is 34.4 Å². The predicted molar refractivity (Wildman–Crippen MR) is 128 cm³/mol. The first kappa shape index (κ1) is 27.4. The van der Waals surface area contributed by atoms with E-state index in [1.54, 1.807) is 30.0 Å². The number of carbonyl (C=O) groups is 3. The number of fused-ring (bicyclic) bond motifs is 1. The van der Waals surface area contributed by atoms with E-state index in [1.807, 2.05) is 6.92 Å². The van der Waals surface area contributed by atoms with E-state index in [0.717, 1.165) is 26.8 Å². The number of nitrogens with one attached hydrogen (secondary N) is 1. The van der Waals surface area contributed by atoms with Gasteiger partial charge in [-0.3, -0.25) is 14.5 Å². The Hall–Kier alpha value is -2.23. The molecule has 11 nitrogen and oxygen atoms in total. The summed E-state index contributed by atoms with van der Waals surface area (Å²) in [7, 11) is 0. The molecule has 1 fully saturated rings. The minimum absolute atomic E-state index is 0. The van der Waals surface area contributed by atoms with E-state index in [1.165, 1.54) is 23.1 Å². The quantitative estimate of drug-likeness (QED) is 0.157. The van der Waals surface area contributed by atoms with Gasteiger partial charge < -0.3 is 25.8 Å². The third kappa shape index (κ3) is 5.62. The van der Waals surface area contributed by atoms with Crippen molar-refractivity contribution in [1.29, 1.82) is 0 Å². The molecule has 2 aliphatic heterocycles. The molecule has 0 aromatic carbocycles. The molecule has 2 amide bonds. The molecule has 2 atom stereocenters. The Morgan fingerprint density at radius 2 is 2.17 bits per heavy atom. The second kappa shape index (κ2) is 11.7. The maximum Gasteiger partial charge on any atom is 1.00 e. The molecule has 2 aliphatic rings. The summed E-state index contributed by atoms with van der Waals surface area (Å²) in [6.07, 6.45) is 3.43. The van der Waals surface area contributed by atoms with E-state index in [9.17, 15) is 19.5 Å². The van der Waals surface area contributed by atoms with Gasteiger partial charge in [0.05, 0.1) is 22.9 Å². The third-order valence-corrected chi connectivity index (χ3v) is 7.83. The Bertz CT molecular complexity index is 1240. The fourth-order valence-electron chi connectivity index (χ4n) is 3.35. The average molecular weight is 543 g/mol. The molecule has 0 spiro atoms. The number of carbonyl (C=O) groups excluding carboxylic acids is 3. The van der Waals surface area contributed by atoms with Crippen LogP contribution < -0.4 is 45.7 Å². The van der Waals surface area contributed by atoms with Crippen LogP contribution in [0.1, 0.15) is 23.2 Å². The van der Waals surface area contributed by atoms with Crippen LogP contribution in [0.4, 0.5) is 5.13 Å². The number of aromatic nitrogens is 2. The van der Waals surface area contributed by atoms with Crippen LogP contribution in [0.2, 0.25) is 0 Å². The number of amides is 2. The van der Waals surface area contributed by atoms with E-state index in [4.69, 9.17) is 10.6 Å². The monoisotopic (exact) mass is 542 g/mol. The number of thiazole rings is 2. The summed E-state index contributed by atoms with van der Waals surface area (Å²) in [4.78, 5) is 53.0. The summed E-state index contributed by atoms with van der Waals surface area (Å²) in [5.41, 5.74) is 8.52. The fraction of sp³-hybridized carbons (Fsp3) is 0.300. The first-order valence-electron chi connectivity index (χ1n) is 10.0. The van der Waals surface area contributed by atoms with Crippen molar-refractivity contribution in [2.75, 3.05) is 18.1 Å². The van der Waals surface area contributed by atoms with Gasteiger partial charge in [-0.05, 0) is 25.5 Å². The number of aryl methyl sites for hydroxylation is 1. The molecule has 35 heavy (non-hydrogen) atoms. The molecule has 2 aromatic heterocycles. The minimum atomic E-state index is -1.46. The zero-order valence-electron chi connectivity index (χ0n) is 19.0. The SMILES string of the molecule is CCO/N=C(\C(=O)NC1C(=O)N2C(C(=O)[O-])=C(/C=C/c3scnc3C)CS[C@H]12)c1csc(N)n1.[Na+]. The van der Waals surface area contributed by atoms with Crippen LogP contribution in [0.5, 0.6) is 0 Å². The Morgan fingerprint density at radius 1 is 1.40 bits per heavy atom. The third-order valence-electron chi connectivity index (χ3n) is 4.96. The van der Waals surface area contributed by atoms with Crippen LogP contribution in [0.25, 0.3) is 6.08 Å². The van der Waals surface area contributed by atoms with Crippen LogP contribution >= 0.6 is 34.4 Å². The predicted octanol–water partition coefficient (Wildman–Crippen LogP) is -2.65. The van der Waals surface area contributed by atoms with Gasteiger partial charge in [0, 0.05) is 16.0 Å². The van der Waals surface area contributed by atoms with Gasteiger partial charge >= 0.3 is 29.6 Å². The number of anilines is 1. The minimum Gasteiger partial charge on any atom is -0.543 e. The van der Waals surface area contributed by atoms with E-state index < -0.39 is 29.2 Å². The van der Waals surface area contributed by atoms with Gasteiger partial charge in [0.15, 0.2) is 10.8 Å². The van der Waals surface area contributed by atoms with Crippen molar-refractivity contribution in [3.05, 3.63) is 44.5 Å². The molecular weight excluding hydrogens is 523 g/mol. The van der Waals surface area contributed by atoms with Gasteiger partial charge in [0.2, 0.25) is 0 Å². The van der Waals surface area contributed by atoms with Crippen molar-refractivity contribution in [3.8, 4) is 0 Å². The topological polar surface area (TPSA) is 163 Å². The Balaban J connectivity index is 0.00000342. The van der Waals surface area contributed by atoms with Crippen LogP contribution in [0.15, 0.2) is 33.4 Å². The number of carboxylic acid groups (broad SMARTS) is 1. The van der Waals surface area contributed by atoms with Crippen molar-refractivity contribution in [1.82, 2.24) is 20.2 Å². The fourth-order valence-corrected chi connectivity index (χ4v) is 5.91. The number of nitrogens with two attached hydrogens (primary N) is 1. The number of nitrogen functional groups attached to an aromatic ring is 1. The van der Waals surface area contributed by atoms with Crippen molar-refractivity contribution in [2.45, 2.75) is 25.3 Å². The van der Waals surface area contributed by atoms with E-state index in [0.29, 0.717) is 11.3 Å². The van der Waals surface area contributed by atoms with Crippen molar-refractivity contribution in [3.63, 3.8) is 0 Å². The first-order chi connectivity index (χ1) is 16.3. The molecule has 1 unspecified atom stereocenters. The Labute approximate surface area is 234 Å². The van der Waals surface area contributed by atoms with Gasteiger partial charge in [-0.1, -0.05) is 11.2 Å². The molecule has 1 saturated heterocycles. The summed E-state index contributed by atoms with van der Waals surface area (Å²) in [5.74, 6) is -2.37. The van der Waals surface area contributed by atoms with Crippen molar-refractivity contribution in [2.24, 2.45) is 5.16 Å².